The van der Waals surface area contributed by atoms with E-state index in [4.69, 9.17) is 4.74 Å². The van der Waals surface area contributed by atoms with Gasteiger partial charge in [0, 0.05) is 30.5 Å². The van der Waals surface area contributed by atoms with Gasteiger partial charge in [0.1, 0.15) is 6.04 Å². The number of likely N-dealkylation sites (tertiary alicyclic amines) is 1. The molecule has 0 radical (unpaired) electrons. The Bertz CT molecular complexity index is 975. The van der Waals surface area contributed by atoms with Crippen LogP contribution in [-0.2, 0) is 19.1 Å². The van der Waals surface area contributed by atoms with Crippen LogP contribution in [0.4, 0.5) is 0 Å². The second-order valence-corrected chi connectivity index (χ2v) is 15.7. The largest absolute Gasteiger partial charge is 0.465 e. The van der Waals surface area contributed by atoms with Crippen LogP contribution >= 0.6 is 11.8 Å². The molecule has 3 aliphatic heterocycles. The van der Waals surface area contributed by atoms with Gasteiger partial charge in [0.15, 0.2) is 0 Å². The Morgan fingerprint density at radius 2 is 1.83 bits per heavy atom. The summed E-state index contributed by atoms with van der Waals surface area (Å²) in [6.07, 6.45) is 9.90. The highest BCUT2D eigenvalue weighted by Crippen LogP contribution is 2.69. The normalized spacial score (nSPS) is 29.0. The van der Waals surface area contributed by atoms with Gasteiger partial charge in [-0.25, -0.2) is 0 Å². The van der Waals surface area contributed by atoms with Crippen LogP contribution in [0.25, 0.3) is 0 Å². The lowest BCUT2D eigenvalue weighted by atomic mass is 9.66. The molecular formula is C33H54N2O5S. The monoisotopic (exact) mass is 590 g/mol. The lowest BCUT2D eigenvalue weighted by Gasteiger charge is -2.46. The van der Waals surface area contributed by atoms with E-state index >= 15 is 0 Å². The van der Waals surface area contributed by atoms with Crippen molar-refractivity contribution in [3.63, 3.8) is 0 Å². The van der Waals surface area contributed by atoms with Crippen molar-refractivity contribution in [3.05, 3.63) is 25.3 Å². The molecule has 41 heavy (non-hydrogen) atoms. The average Bonchev–Trinajstić information content (AvgIpc) is 3.46. The number of thioether (sulfide) groups is 1. The van der Waals surface area contributed by atoms with Gasteiger partial charge < -0.3 is 19.6 Å². The topological polar surface area (TPSA) is 87.2 Å². The molecule has 8 heteroatoms. The zero-order valence-corrected chi connectivity index (χ0v) is 27.1. The standard InChI is InChI=1S/C33H54N2O5S/c1-9-11-12-16-20-40-30(39)25-24-21-23(3)33(41-24)26(25)28(37)34(18-14-13-15-19-36)27(33)29(38)35(17-10-2)32(7,8)22-31(4,5)6/h9-10,23-27,36H,1-2,11-22H2,3-8H3/t23?,24-,25+,26-,27?,33?/m0/s1. The van der Waals surface area contributed by atoms with Gasteiger partial charge in [-0.1, -0.05) is 39.8 Å². The molecule has 232 valence electrons. The van der Waals surface area contributed by atoms with Crippen LogP contribution in [-0.4, -0.2) is 80.6 Å². The fraction of sp³-hybridized carbons (Fsp3) is 0.788. The number of fused-ring (bicyclic) bond motifs is 1. The molecule has 3 unspecified atom stereocenters. The Labute approximate surface area is 252 Å². The van der Waals surface area contributed by atoms with E-state index in [0.29, 0.717) is 32.5 Å². The van der Waals surface area contributed by atoms with Crippen LogP contribution in [0, 0.1) is 23.2 Å². The SMILES string of the molecule is C=CCCCCOC(=O)[C@@H]1[C@@H]2CC(C)C3(S2)C(C(=O)N(CC=C)C(C)(C)CC(C)(C)C)N(CCCCCO)C(=O)[C@H]13. The summed E-state index contributed by atoms with van der Waals surface area (Å²) < 4.78 is 5.09. The summed E-state index contributed by atoms with van der Waals surface area (Å²) in [7, 11) is 0. The quantitative estimate of drug-likeness (QED) is 0.143. The number of unbranched alkanes of at least 4 members (excludes halogenated alkanes) is 4. The Morgan fingerprint density at radius 1 is 1.12 bits per heavy atom. The molecule has 2 bridgehead atoms. The first-order valence-electron chi connectivity index (χ1n) is 15.6. The summed E-state index contributed by atoms with van der Waals surface area (Å²) in [6, 6.07) is -0.649. The Balaban J connectivity index is 1.99. The number of aliphatic hydroxyl groups is 1. The van der Waals surface area contributed by atoms with Crippen LogP contribution in [0.3, 0.4) is 0 Å². The summed E-state index contributed by atoms with van der Waals surface area (Å²) in [5.74, 6) is -1.42. The zero-order valence-electron chi connectivity index (χ0n) is 26.3. The number of aliphatic hydroxyl groups excluding tert-OH is 1. The molecule has 3 saturated heterocycles. The number of carbonyl (C=O) groups is 3. The van der Waals surface area contributed by atoms with Gasteiger partial charge in [-0.3, -0.25) is 14.4 Å². The summed E-state index contributed by atoms with van der Waals surface area (Å²) in [5, 5.41) is 9.29. The maximum atomic E-state index is 14.8. The third kappa shape index (κ3) is 6.90. The minimum atomic E-state index is -0.667. The van der Waals surface area contributed by atoms with Crippen molar-refractivity contribution in [1.29, 1.82) is 0 Å². The van der Waals surface area contributed by atoms with Gasteiger partial charge in [-0.15, -0.1) is 24.9 Å². The average molecular weight is 591 g/mol. The van der Waals surface area contributed by atoms with E-state index in [9.17, 15) is 19.5 Å². The van der Waals surface area contributed by atoms with Gasteiger partial charge in [-0.05, 0) is 76.5 Å². The molecule has 0 aromatic carbocycles. The molecule has 3 aliphatic rings. The predicted molar refractivity (Wildman–Crippen MR) is 166 cm³/mol. The van der Waals surface area contributed by atoms with E-state index in [1.54, 1.807) is 22.7 Å². The van der Waals surface area contributed by atoms with Crippen LogP contribution in [0.5, 0.6) is 0 Å². The molecular weight excluding hydrogens is 536 g/mol. The number of nitrogens with zero attached hydrogens (tertiary/aromatic N) is 2. The van der Waals surface area contributed by atoms with Gasteiger partial charge >= 0.3 is 5.97 Å². The zero-order chi connectivity index (χ0) is 30.6. The highest BCUT2D eigenvalue weighted by molar-refractivity contribution is 8.02. The molecule has 3 rings (SSSR count). The fourth-order valence-corrected chi connectivity index (χ4v) is 10.2. The van der Waals surface area contributed by atoms with E-state index in [-0.39, 0.29) is 41.0 Å². The minimum absolute atomic E-state index is 0.00607. The van der Waals surface area contributed by atoms with Gasteiger partial charge in [0.25, 0.3) is 0 Å². The lowest BCUT2D eigenvalue weighted by molar-refractivity contribution is -0.154. The summed E-state index contributed by atoms with van der Waals surface area (Å²) in [6.45, 7) is 21.9. The molecule has 6 atom stereocenters. The van der Waals surface area contributed by atoms with Crippen molar-refractivity contribution in [2.24, 2.45) is 23.2 Å². The van der Waals surface area contributed by atoms with Crippen molar-refractivity contribution in [3.8, 4) is 0 Å². The van der Waals surface area contributed by atoms with Crippen molar-refractivity contribution >= 4 is 29.5 Å². The van der Waals surface area contributed by atoms with Crippen molar-refractivity contribution in [2.75, 3.05) is 26.3 Å². The number of ether oxygens (including phenoxy) is 1. The molecule has 3 heterocycles. The third-order valence-electron chi connectivity index (χ3n) is 9.13. The van der Waals surface area contributed by atoms with E-state index in [1.165, 1.54) is 0 Å². The van der Waals surface area contributed by atoms with Crippen LogP contribution < -0.4 is 0 Å². The van der Waals surface area contributed by atoms with Crippen molar-refractivity contribution in [1.82, 2.24) is 9.80 Å². The smallest absolute Gasteiger partial charge is 0.310 e. The predicted octanol–water partition coefficient (Wildman–Crippen LogP) is 5.62. The Morgan fingerprint density at radius 3 is 2.44 bits per heavy atom. The second kappa shape index (κ2) is 13.7. The highest BCUT2D eigenvalue weighted by atomic mass is 32.2. The fourth-order valence-electron chi connectivity index (χ4n) is 7.84. The summed E-state index contributed by atoms with van der Waals surface area (Å²) in [5.41, 5.74) is -0.466. The minimum Gasteiger partial charge on any atom is -0.465 e. The molecule has 0 saturated carbocycles. The molecule has 0 aromatic heterocycles. The molecule has 0 aliphatic carbocycles. The second-order valence-electron chi connectivity index (χ2n) is 14.1. The van der Waals surface area contributed by atoms with E-state index in [0.717, 1.165) is 38.5 Å². The maximum Gasteiger partial charge on any atom is 0.310 e. The first-order valence-corrected chi connectivity index (χ1v) is 16.4. The van der Waals surface area contributed by atoms with Gasteiger partial charge in [-0.2, -0.15) is 0 Å². The maximum absolute atomic E-state index is 14.8. The van der Waals surface area contributed by atoms with E-state index in [1.807, 2.05) is 11.0 Å². The first-order chi connectivity index (χ1) is 19.3. The summed E-state index contributed by atoms with van der Waals surface area (Å²) in [4.78, 5) is 46.4. The number of hydrogen-bond donors (Lipinski definition) is 1. The van der Waals surface area contributed by atoms with Crippen LogP contribution in [0.15, 0.2) is 25.3 Å². The third-order valence-corrected chi connectivity index (χ3v) is 11.2. The number of esters is 1. The van der Waals surface area contributed by atoms with E-state index in [2.05, 4.69) is 54.7 Å². The highest BCUT2D eigenvalue weighted by Gasteiger charge is 2.76. The van der Waals surface area contributed by atoms with Crippen molar-refractivity contribution in [2.45, 2.75) is 114 Å². The van der Waals surface area contributed by atoms with Gasteiger partial charge in [0.05, 0.1) is 23.2 Å². The van der Waals surface area contributed by atoms with E-state index < -0.39 is 28.2 Å². The molecule has 1 spiro atoms. The van der Waals surface area contributed by atoms with Crippen LogP contribution in [0.1, 0.15) is 92.9 Å². The van der Waals surface area contributed by atoms with Crippen LogP contribution in [0.2, 0.25) is 0 Å². The number of hydrogen-bond acceptors (Lipinski definition) is 6. The molecule has 0 aromatic rings. The Kier molecular flexibility index (Phi) is 11.2. The van der Waals surface area contributed by atoms with Crippen molar-refractivity contribution < 1.29 is 24.2 Å². The first kappa shape index (κ1) is 33.7. The molecule has 1 N–H and O–H groups in total. The lowest BCUT2D eigenvalue weighted by Crippen LogP contribution is -2.61. The number of carbonyl (C=O) groups excluding carboxylic acids is 3. The van der Waals surface area contributed by atoms with Gasteiger partial charge in [0.2, 0.25) is 11.8 Å². The number of amides is 2. The summed E-state index contributed by atoms with van der Waals surface area (Å²) >= 11 is 1.70. The molecule has 2 amide bonds. The Hall–Kier alpha value is -1.80. The number of allylic oxidation sites excluding steroid dienone is 1. The molecule has 7 nitrogen and oxygen atoms in total. The molecule has 3 fully saturated rings. The number of rotatable bonds is 16.